The van der Waals surface area contributed by atoms with Crippen LogP contribution >= 0.6 is 0 Å². The molecule has 8 nitrogen and oxygen atoms in total. The Balaban J connectivity index is 1.47. The fourth-order valence-electron chi connectivity index (χ4n) is 10.3. The van der Waals surface area contributed by atoms with Gasteiger partial charge in [0.2, 0.25) is 22.6 Å². The van der Waals surface area contributed by atoms with E-state index in [4.69, 9.17) is 20.0 Å². The summed E-state index contributed by atoms with van der Waals surface area (Å²) in [6.45, 7) is 22.3. The third-order valence-electron chi connectivity index (χ3n) is 13.1. The Bertz CT molecular complexity index is 2960. The molecule has 0 saturated heterocycles. The summed E-state index contributed by atoms with van der Waals surface area (Å²) in [5.74, 6) is 4.65. The number of aromatic nitrogens is 2. The second kappa shape index (κ2) is 8.23. The number of aryl methyl sites for hydroxylation is 8. The number of hydrogen-bond acceptors (Lipinski definition) is 4. The highest BCUT2D eigenvalue weighted by atomic mass is 15.7. The summed E-state index contributed by atoms with van der Waals surface area (Å²) in [7, 11) is 0. The van der Waals surface area contributed by atoms with E-state index in [2.05, 4.69) is 124 Å². The third kappa shape index (κ3) is 2.63. The Morgan fingerprint density at radius 3 is 1.20 bits per heavy atom. The Morgan fingerprint density at radius 1 is 0.412 bits per heavy atom. The Labute approximate surface area is 294 Å². The summed E-state index contributed by atoms with van der Waals surface area (Å²) in [5, 5.41) is 4.67. The molecule has 0 unspecified atom stereocenters. The first-order valence-electron chi connectivity index (χ1n) is 18.0. The number of benzene rings is 4. The molecule has 0 atom stereocenters. The maximum Gasteiger partial charge on any atom is 0.404 e. The van der Waals surface area contributed by atoms with Crippen LogP contribution in [0.5, 0.6) is 0 Å². The number of amidine groups is 4. The first-order valence-corrected chi connectivity index (χ1v) is 18.0. The van der Waals surface area contributed by atoms with E-state index in [0.29, 0.717) is 0 Å². The molecule has 0 aliphatic carbocycles. The maximum absolute atomic E-state index is 5.76. The van der Waals surface area contributed by atoms with Crippen molar-refractivity contribution in [3.05, 3.63) is 125 Å². The van der Waals surface area contributed by atoms with Gasteiger partial charge < -0.3 is 0 Å². The smallest absolute Gasteiger partial charge is 0.192 e. The van der Waals surface area contributed by atoms with Gasteiger partial charge in [0.25, 0.3) is 23.3 Å². The summed E-state index contributed by atoms with van der Waals surface area (Å²) in [6, 6.07) is 13.4. The molecule has 1 spiro atoms. The summed E-state index contributed by atoms with van der Waals surface area (Å²) in [6.07, 6.45) is 0. The van der Waals surface area contributed by atoms with Crippen molar-refractivity contribution < 1.29 is 9.15 Å². The van der Waals surface area contributed by atoms with E-state index < -0.39 is 5.91 Å². The molecule has 2 aromatic heterocycles. The van der Waals surface area contributed by atoms with Crippen LogP contribution in [0.1, 0.15) is 77.9 Å². The topological polar surface area (TPSA) is 65.3 Å². The van der Waals surface area contributed by atoms with Gasteiger partial charge in [0.1, 0.15) is 0 Å². The van der Waals surface area contributed by atoms with Gasteiger partial charge in [-0.15, -0.1) is 9.15 Å². The summed E-state index contributed by atoms with van der Waals surface area (Å²) >= 11 is 0. The first kappa shape index (κ1) is 28.0. The van der Waals surface area contributed by atoms with Crippen LogP contribution in [0.4, 0.5) is 11.6 Å². The molecule has 6 aliphatic rings. The van der Waals surface area contributed by atoms with E-state index in [1.165, 1.54) is 66.4 Å². The van der Waals surface area contributed by atoms with Crippen LogP contribution in [0, 0.1) is 69.2 Å². The van der Waals surface area contributed by atoms with Gasteiger partial charge >= 0.3 is 5.91 Å². The highest BCUT2D eigenvalue weighted by Gasteiger charge is 2.70. The maximum atomic E-state index is 5.76. The van der Waals surface area contributed by atoms with Crippen LogP contribution in [0.3, 0.4) is 0 Å². The van der Waals surface area contributed by atoms with Gasteiger partial charge in [0.15, 0.2) is 0 Å². The Hall–Kier alpha value is -5.76. The van der Waals surface area contributed by atoms with Crippen molar-refractivity contribution in [2.75, 3.05) is 0 Å². The monoisotopic (exact) mass is 664 g/mol. The molecular formula is C43H36N8+2. The Kier molecular flexibility index (Phi) is 4.52. The molecule has 0 radical (unpaired) electrons. The molecule has 12 rings (SSSR count). The van der Waals surface area contributed by atoms with Crippen molar-refractivity contribution in [2.24, 2.45) is 20.0 Å². The van der Waals surface area contributed by atoms with Gasteiger partial charge in [0, 0.05) is 0 Å². The minimum absolute atomic E-state index is 0.936. The molecule has 0 bridgehead atoms. The van der Waals surface area contributed by atoms with E-state index in [-0.39, 0.29) is 0 Å². The minimum atomic E-state index is -0.995. The molecule has 246 valence electrons. The summed E-state index contributed by atoms with van der Waals surface area (Å²) in [4.78, 5) is 23.0. The van der Waals surface area contributed by atoms with Crippen molar-refractivity contribution in [3.8, 4) is 0 Å². The lowest BCUT2D eigenvalue weighted by atomic mass is 9.93. The second-order valence-electron chi connectivity index (χ2n) is 15.6. The van der Waals surface area contributed by atoms with Crippen LogP contribution < -0.4 is 11.0 Å². The summed E-state index contributed by atoms with van der Waals surface area (Å²) < 4.78 is 9.78. The number of nitrogens with zero attached hydrogens (tertiary/aromatic N) is 8. The van der Waals surface area contributed by atoms with Gasteiger partial charge in [-0.05, 0) is 125 Å². The highest BCUT2D eigenvalue weighted by molar-refractivity contribution is 6.22. The molecular weight excluding hydrogens is 629 g/mol. The average Bonchev–Trinajstić information content (AvgIpc) is 3.84. The molecule has 0 N–H and O–H groups in total. The molecule has 6 aliphatic heterocycles. The van der Waals surface area contributed by atoms with Crippen molar-refractivity contribution >= 4 is 56.5 Å². The highest BCUT2D eigenvalue weighted by Crippen LogP contribution is 2.55. The minimum Gasteiger partial charge on any atom is -0.192 e. The molecule has 8 heteroatoms. The molecule has 6 aromatic rings. The zero-order chi connectivity index (χ0) is 34.9. The molecule has 4 aromatic carbocycles. The lowest BCUT2D eigenvalue weighted by molar-refractivity contribution is -0.790. The molecule has 8 heterocycles. The van der Waals surface area contributed by atoms with Crippen LogP contribution in [0.15, 0.2) is 56.4 Å². The van der Waals surface area contributed by atoms with E-state index >= 15 is 0 Å². The number of hydrogen-bond donors (Lipinski definition) is 0. The van der Waals surface area contributed by atoms with Crippen molar-refractivity contribution in [2.45, 2.75) is 75.1 Å². The lowest BCUT2D eigenvalue weighted by Crippen LogP contribution is -2.71. The van der Waals surface area contributed by atoms with Crippen molar-refractivity contribution in [1.29, 1.82) is 0 Å². The van der Waals surface area contributed by atoms with Gasteiger partial charge in [0.05, 0.1) is 43.8 Å². The second-order valence-corrected chi connectivity index (χ2v) is 15.6. The van der Waals surface area contributed by atoms with Gasteiger partial charge in [-0.3, -0.25) is 0 Å². The average molecular weight is 665 g/mol. The lowest BCUT2D eigenvalue weighted by Gasteiger charge is -2.40. The van der Waals surface area contributed by atoms with Gasteiger partial charge in [-0.2, -0.15) is 9.13 Å². The zero-order valence-electron chi connectivity index (χ0n) is 30.5. The normalized spacial score (nSPS) is 17.4. The SMILES string of the molecule is Cc1ccc(C)c2c1C1=Nc3c4c(C)c(C)c(C)c(C)c4c4n3C35n6c(c7c(C)ccc(C)c7c6=NC6=[N+]3C(=N4)c3c(C)ccc(C)c36)=NC2=[N+]15. The molecule has 0 amide bonds. The predicted molar refractivity (Wildman–Crippen MR) is 201 cm³/mol. The van der Waals surface area contributed by atoms with Crippen LogP contribution in [-0.4, -0.2) is 41.6 Å². The zero-order valence-corrected chi connectivity index (χ0v) is 30.5. The summed E-state index contributed by atoms with van der Waals surface area (Å²) in [5.41, 5.74) is 18.8. The number of aliphatic imine (C=N–C) groups is 2. The number of rotatable bonds is 0. The first-order chi connectivity index (χ1) is 24.5. The van der Waals surface area contributed by atoms with E-state index in [1.54, 1.807) is 0 Å². The Morgan fingerprint density at radius 2 is 0.784 bits per heavy atom. The van der Waals surface area contributed by atoms with Crippen LogP contribution in [0.25, 0.3) is 21.5 Å². The van der Waals surface area contributed by atoms with Gasteiger partial charge in [-0.1, -0.05) is 56.4 Å². The largest absolute Gasteiger partial charge is 0.404 e. The van der Waals surface area contributed by atoms with E-state index in [1.807, 2.05) is 0 Å². The molecule has 51 heavy (non-hydrogen) atoms. The van der Waals surface area contributed by atoms with Crippen molar-refractivity contribution in [1.82, 2.24) is 9.13 Å². The number of fused-ring (bicyclic) bond motifs is 12. The predicted octanol–water partition coefficient (Wildman–Crippen LogP) is 6.79. The quantitative estimate of drug-likeness (QED) is 0.161. The fraction of sp³-hybridized carbons (Fsp3) is 0.256. The van der Waals surface area contributed by atoms with E-state index in [0.717, 1.165) is 79.0 Å². The van der Waals surface area contributed by atoms with Crippen molar-refractivity contribution in [3.63, 3.8) is 0 Å². The van der Waals surface area contributed by atoms with Crippen LogP contribution in [0.2, 0.25) is 0 Å². The van der Waals surface area contributed by atoms with Gasteiger partial charge in [-0.25, -0.2) is 0 Å². The molecule has 0 fully saturated rings. The van der Waals surface area contributed by atoms with Crippen LogP contribution in [-0.2, 0) is 5.91 Å². The standard InChI is InChI=1S/C43H36N8/c1-17-11-12-18(2)28-27(17)35-44-37-29-19(3)13-15-21(5)31(29)39-46-41-33-25(9)23(7)24(8)26(10)34(33)42-47-40-32-22(6)16-14-20(4)30(32)38-45-36(28)48(35)43(49(37)39,50(38)40)51(41)42/h11-16H,1-10H3/q+2. The third-order valence-corrected chi connectivity index (χ3v) is 13.1. The molecule has 0 saturated carbocycles. The van der Waals surface area contributed by atoms with E-state index in [9.17, 15) is 0 Å². The fourth-order valence-corrected chi connectivity index (χ4v) is 10.3.